The molecule has 1 aromatic carbocycles. The van der Waals surface area contributed by atoms with E-state index in [0.29, 0.717) is 12.8 Å². The molecule has 3 N–H and O–H groups in total. The summed E-state index contributed by atoms with van der Waals surface area (Å²) in [6.45, 7) is 1.57. The third kappa shape index (κ3) is 8.34. The van der Waals surface area contributed by atoms with Gasteiger partial charge in [-0.2, -0.15) is 0 Å². The number of carbonyl (C=O) groups is 4. The van der Waals surface area contributed by atoms with E-state index in [0.717, 1.165) is 5.56 Å². The molecular formula is C26H34N4O9. The van der Waals surface area contributed by atoms with Crippen LogP contribution in [0.15, 0.2) is 40.9 Å². The zero-order chi connectivity index (χ0) is 28.4. The minimum absolute atomic E-state index is 0.0894. The molecule has 212 valence electrons. The summed E-state index contributed by atoms with van der Waals surface area (Å²) in [4.78, 5) is 51.9. The average molecular weight is 547 g/mol. The van der Waals surface area contributed by atoms with Gasteiger partial charge < -0.3 is 39.4 Å². The molecule has 13 nitrogen and oxygen atoms in total. The highest BCUT2D eigenvalue weighted by molar-refractivity contribution is 5.99. The van der Waals surface area contributed by atoms with Gasteiger partial charge in [-0.25, -0.2) is 0 Å². The molecule has 0 spiro atoms. The van der Waals surface area contributed by atoms with Crippen LogP contribution in [-0.4, -0.2) is 93.5 Å². The molecule has 13 heteroatoms. The summed E-state index contributed by atoms with van der Waals surface area (Å²) < 4.78 is 25.3. The first-order chi connectivity index (χ1) is 18.7. The number of rotatable bonds is 16. The van der Waals surface area contributed by atoms with E-state index >= 15 is 0 Å². The van der Waals surface area contributed by atoms with Gasteiger partial charge in [0.15, 0.2) is 5.78 Å². The van der Waals surface area contributed by atoms with Crippen LogP contribution in [0.3, 0.4) is 0 Å². The molecule has 0 unspecified atom stereocenters. The van der Waals surface area contributed by atoms with Gasteiger partial charge in [0, 0.05) is 14.2 Å². The molecule has 4 atom stereocenters. The van der Waals surface area contributed by atoms with E-state index in [1.807, 2.05) is 30.3 Å². The summed E-state index contributed by atoms with van der Waals surface area (Å²) >= 11 is 0. The number of nitrogens with one attached hydrogen (secondary N) is 3. The first kappa shape index (κ1) is 29.7. The highest BCUT2D eigenvalue weighted by atomic mass is 16.6. The number of benzene rings is 1. The third-order valence-corrected chi connectivity index (χ3v) is 6.14. The summed E-state index contributed by atoms with van der Waals surface area (Å²) in [5.41, 5.74) is 0.0574. The molecule has 0 aliphatic carbocycles. The molecule has 39 heavy (non-hydrogen) atoms. The van der Waals surface area contributed by atoms with Crippen LogP contribution < -0.4 is 20.7 Å². The van der Waals surface area contributed by atoms with E-state index in [1.54, 1.807) is 6.92 Å². The second-order valence-corrected chi connectivity index (χ2v) is 9.20. The number of ketones is 1. The van der Waals surface area contributed by atoms with Gasteiger partial charge in [0.05, 0.1) is 39.0 Å². The van der Waals surface area contributed by atoms with Crippen LogP contribution in [0.2, 0.25) is 0 Å². The number of aromatic nitrogens is 1. The zero-order valence-electron chi connectivity index (χ0n) is 22.4. The monoisotopic (exact) mass is 546 g/mol. The molecule has 1 aliphatic heterocycles. The van der Waals surface area contributed by atoms with Crippen molar-refractivity contribution >= 4 is 23.5 Å². The van der Waals surface area contributed by atoms with Crippen molar-refractivity contribution in [2.45, 2.75) is 43.5 Å². The number of aryl methyl sites for hydroxylation is 1. The lowest BCUT2D eigenvalue weighted by Crippen LogP contribution is -2.58. The van der Waals surface area contributed by atoms with Crippen LogP contribution in [0.4, 0.5) is 0 Å². The van der Waals surface area contributed by atoms with E-state index in [-0.39, 0.29) is 37.2 Å². The van der Waals surface area contributed by atoms with Crippen molar-refractivity contribution in [3.05, 3.63) is 47.7 Å². The Kier molecular flexibility index (Phi) is 10.5. The van der Waals surface area contributed by atoms with Crippen LogP contribution in [0.5, 0.6) is 5.88 Å². The van der Waals surface area contributed by atoms with Crippen molar-refractivity contribution < 1.29 is 42.6 Å². The highest BCUT2D eigenvalue weighted by Crippen LogP contribution is 2.29. The summed E-state index contributed by atoms with van der Waals surface area (Å²) in [5, 5.41) is 11.3. The van der Waals surface area contributed by atoms with Gasteiger partial charge >= 0.3 is 0 Å². The van der Waals surface area contributed by atoms with Crippen molar-refractivity contribution in [2.75, 3.05) is 41.2 Å². The molecule has 1 saturated heterocycles. The fourth-order valence-corrected chi connectivity index (χ4v) is 3.78. The van der Waals surface area contributed by atoms with Crippen LogP contribution in [-0.2, 0) is 35.0 Å². The van der Waals surface area contributed by atoms with Crippen molar-refractivity contribution in [1.82, 2.24) is 21.1 Å². The fraction of sp³-hybridized carbons (Fsp3) is 0.500. The lowest BCUT2D eigenvalue weighted by molar-refractivity contribution is -0.134. The number of hydrogen-bond donors (Lipinski definition) is 3. The molecule has 2 aromatic rings. The maximum atomic E-state index is 13.2. The Balaban J connectivity index is 1.67. The Morgan fingerprint density at radius 1 is 0.949 bits per heavy atom. The van der Waals surface area contributed by atoms with Crippen molar-refractivity contribution in [2.24, 2.45) is 0 Å². The quantitative estimate of drug-likeness (QED) is 0.244. The Bertz CT molecular complexity index is 1130. The Morgan fingerprint density at radius 3 is 2.08 bits per heavy atom. The molecule has 0 radical (unpaired) electrons. The highest BCUT2D eigenvalue weighted by Gasteiger charge is 2.50. The molecule has 3 amide bonds. The van der Waals surface area contributed by atoms with Crippen LogP contribution >= 0.6 is 0 Å². The number of nitrogens with zero attached hydrogens (tertiary/aromatic N) is 1. The third-order valence-electron chi connectivity index (χ3n) is 6.14. The number of epoxide rings is 1. The van der Waals surface area contributed by atoms with E-state index in [2.05, 4.69) is 21.1 Å². The molecular weight excluding hydrogens is 512 g/mol. The second kappa shape index (κ2) is 13.8. The normalized spacial score (nSPS) is 18.4. The minimum atomic E-state index is -1.18. The molecule has 2 heterocycles. The van der Waals surface area contributed by atoms with E-state index in [9.17, 15) is 19.2 Å². The summed E-state index contributed by atoms with van der Waals surface area (Å²) in [6, 6.07) is 7.63. The van der Waals surface area contributed by atoms with Crippen LogP contribution in [0, 0.1) is 0 Å². The topological polar surface area (TPSA) is 171 Å². The molecule has 1 aliphatic rings. The SMILES string of the molecule is COC[C@H](NC(=O)c1cc(OC)no1)C(=O)N[C@@H](COC)C(=O)N[C@@H](CCc1ccccc1)C(=O)[C@@]1(C)CO1. The van der Waals surface area contributed by atoms with Gasteiger partial charge in [0.25, 0.3) is 11.8 Å². The maximum Gasteiger partial charge on any atom is 0.290 e. The Hall–Kier alpha value is -3.81. The molecule has 1 aromatic heterocycles. The number of ether oxygens (including phenoxy) is 4. The van der Waals surface area contributed by atoms with Gasteiger partial charge in [-0.1, -0.05) is 30.3 Å². The Morgan fingerprint density at radius 2 is 1.54 bits per heavy atom. The van der Waals surface area contributed by atoms with Crippen molar-refractivity contribution in [3.63, 3.8) is 0 Å². The Labute approximate surface area is 225 Å². The standard InChI is InChI=1S/C26H34N4O9/c1-26(15-38-26)22(31)17(11-10-16-8-6-5-7-9-16)27-23(32)18(13-35-2)28-24(33)19(14-36-3)29-25(34)20-12-21(37-4)30-39-20/h5-9,12,17-19H,10-11,13-15H2,1-4H3,(H,27,32)(H,28,33)(H,29,34)/t17-,18-,19-,26+/m0/s1. The maximum absolute atomic E-state index is 13.2. The molecule has 0 saturated carbocycles. The largest absolute Gasteiger partial charge is 0.479 e. The van der Waals surface area contributed by atoms with Gasteiger partial charge in [0.2, 0.25) is 17.6 Å². The number of Topliss-reactive ketones (excluding diaryl/α,β-unsaturated/α-hetero) is 1. The van der Waals surface area contributed by atoms with E-state index < -0.39 is 41.4 Å². The van der Waals surface area contributed by atoms with Gasteiger partial charge in [0.1, 0.15) is 17.7 Å². The average Bonchev–Trinajstić information content (AvgIpc) is 3.50. The zero-order valence-corrected chi connectivity index (χ0v) is 22.4. The minimum Gasteiger partial charge on any atom is -0.479 e. The number of carbonyl (C=O) groups excluding carboxylic acids is 4. The smallest absolute Gasteiger partial charge is 0.290 e. The van der Waals surface area contributed by atoms with E-state index in [4.69, 9.17) is 23.5 Å². The van der Waals surface area contributed by atoms with Gasteiger partial charge in [-0.05, 0) is 30.5 Å². The lowest BCUT2D eigenvalue weighted by atomic mass is 9.95. The number of hydrogen-bond acceptors (Lipinski definition) is 10. The summed E-state index contributed by atoms with van der Waals surface area (Å²) in [7, 11) is 4.08. The van der Waals surface area contributed by atoms with Crippen molar-refractivity contribution in [3.8, 4) is 5.88 Å². The molecule has 3 rings (SSSR count). The number of methoxy groups -OCH3 is 3. The number of amides is 3. The summed E-state index contributed by atoms with van der Waals surface area (Å²) in [6.07, 6.45) is 0.882. The van der Waals surface area contributed by atoms with Gasteiger partial charge in [-0.15, -0.1) is 0 Å². The fourth-order valence-electron chi connectivity index (χ4n) is 3.78. The van der Waals surface area contributed by atoms with Gasteiger partial charge in [-0.3, -0.25) is 19.2 Å². The van der Waals surface area contributed by atoms with Crippen molar-refractivity contribution in [1.29, 1.82) is 0 Å². The first-order valence-electron chi connectivity index (χ1n) is 12.3. The first-order valence-corrected chi connectivity index (χ1v) is 12.3. The molecule has 0 bridgehead atoms. The van der Waals surface area contributed by atoms with Crippen LogP contribution in [0.25, 0.3) is 0 Å². The summed E-state index contributed by atoms with van der Waals surface area (Å²) in [5.74, 6) is -2.41. The molecule has 1 fully saturated rings. The lowest BCUT2D eigenvalue weighted by Gasteiger charge is -2.25. The van der Waals surface area contributed by atoms with E-state index in [1.165, 1.54) is 27.4 Å². The predicted molar refractivity (Wildman–Crippen MR) is 136 cm³/mol. The van der Waals surface area contributed by atoms with Crippen LogP contribution in [0.1, 0.15) is 29.5 Å². The second-order valence-electron chi connectivity index (χ2n) is 9.20. The predicted octanol–water partition coefficient (Wildman–Crippen LogP) is 0.0348.